The van der Waals surface area contributed by atoms with Crippen molar-refractivity contribution in [1.82, 2.24) is 15.1 Å². The molecule has 1 aliphatic heterocycles. The second-order valence-corrected chi connectivity index (χ2v) is 6.78. The van der Waals surface area contributed by atoms with Crippen molar-refractivity contribution in [2.45, 2.75) is 39.2 Å². The molecule has 1 unspecified atom stereocenters. The summed E-state index contributed by atoms with van der Waals surface area (Å²) in [6.45, 7) is 8.49. The summed E-state index contributed by atoms with van der Waals surface area (Å²) < 4.78 is 5.36. The predicted octanol–water partition coefficient (Wildman–Crippen LogP) is 1.31. The molecular weight excluding hydrogens is 270 g/mol. The van der Waals surface area contributed by atoms with Gasteiger partial charge in [-0.15, -0.1) is 0 Å². The molecule has 0 aromatic heterocycles. The third-order valence-corrected chi connectivity index (χ3v) is 3.49. The monoisotopic (exact) mass is 299 g/mol. The highest BCUT2D eigenvalue weighted by Crippen LogP contribution is 2.18. The molecule has 21 heavy (non-hydrogen) atoms. The van der Waals surface area contributed by atoms with Crippen LogP contribution in [0.25, 0.3) is 0 Å². The van der Waals surface area contributed by atoms with Gasteiger partial charge in [0.15, 0.2) is 0 Å². The normalized spacial score (nSPS) is 20.0. The number of likely N-dealkylation sites (N-methyl/N-ethyl adjacent to an activating group) is 1. The highest BCUT2D eigenvalue weighted by molar-refractivity contribution is 5.77. The Morgan fingerprint density at radius 3 is 2.62 bits per heavy atom. The zero-order valence-corrected chi connectivity index (χ0v) is 13.9. The van der Waals surface area contributed by atoms with E-state index in [0.29, 0.717) is 19.0 Å². The first-order valence-electron chi connectivity index (χ1n) is 7.58. The summed E-state index contributed by atoms with van der Waals surface area (Å²) in [6, 6.07) is 0. The molecule has 0 spiro atoms. The average molecular weight is 299 g/mol. The molecule has 1 N–H and O–H groups in total. The van der Waals surface area contributed by atoms with Gasteiger partial charge in [-0.1, -0.05) is 0 Å². The van der Waals surface area contributed by atoms with Crippen molar-refractivity contribution in [3.8, 4) is 0 Å². The lowest BCUT2D eigenvalue weighted by molar-refractivity contribution is -0.122. The lowest BCUT2D eigenvalue weighted by Crippen LogP contribution is -2.45. The summed E-state index contributed by atoms with van der Waals surface area (Å²) in [6.07, 6.45) is 1.85. The first-order chi connectivity index (χ1) is 9.71. The first kappa shape index (κ1) is 17.8. The number of hydrogen-bond donors (Lipinski definition) is 1. The highest BCUT2D eigenvalue weighted by Gasteiger charge is 2.25. The zero-order valence-electron chi connectivity index (χ0n) is 13.9. The number of ether oxygens (including phenoxy) is 1. The van der Waals surface area contributed by atoms with Gasteiger partial charge in [-0.3, -0.25) is 9.69 Å². The molecule has 0 bridgehead atoms. The van der Waals surface area contributed by atoms with E-state index >= 15 is 0 Å². The van der Waals surface area contributed by atoms with Gasteiger partial charge in [0.1, 0.15) is 5.60 Å². The lowest BCUT2D eigenvalue weighted by atomic mass is 9.97. The Morgan fingerprint density at radius 2 is 2.05 bits per heavy atom. The second-order valence-electron chi connectivity index (χ2n) is 6.78. The molecule has 2 amide bonds. The third-order valence-electron chi connectivity index (χ3n) is 3.49. The van der Waals surface area contributed by atoms with Crippen molar-refractivity contribution in [1.29, 1.82) is 0 Å². The SMILES string of the molecule is CNC(=O)CN1CCCC(CN(C)C(=O)OC(C)(C)C)C1. The second kappa shape index (κ2) is 7.64. The first-order valence-corrected chi connectivity index (χ1v) is 7.58. The van der Waals surface area contributed by atoms with Gasteiger partial charge in [0, 0.05) is 27.2 Å². The fourth-order valence-electron chi connectivity index (χ4n) is 2.53. The van der Waals surface area contributed by atoms with Crippen molar-refractivity contribution in [2.24, 2.45) is 5.92 Å². The molecule has 0 aliphatic carbocycles. The number of piperidine rings is 1. The summed E-state index contributed by atoms with van der Waals surface area (Å²) in [7, 11) is 3.42. The van der Waals surface area contributed by atoms with Crippen LogP contribution in [0.15, 0.2) is 0 Å². The van der Waals surface area contributed by atoms with E-state index in [1.54, 1.807) is 19.0 Å². The molecule has 1 rings (SSSR count). The molecule has 122 valence electrons. The summed E-state index contributed by atoms with van der Waals surface area (Å²) in [5.41, 5.74) is -0.469. The number of carbonyl (C=O) groups is 2. The van der Waals surface area contributed by atoms with Crippen LogP contribution < -0.4 is 5.32 Å². The number of amides is 2. The average Bonchev–Trinajstić information content (AvgIpc) is 2.37. The van der Waals surface area contributed by atoms with Crippen LogP contribution in [0.3, 0.4) is 0 Å². The molecule has 1 fully saturated rings. The smallest absolute Gasteiger partial charge is 0.410 e. The van der Waals surface area contributed by atoms with Crippen LogP contribution in [0.2, 0.25) is 0 Å². The number of nitrogens with one attached hydrogen (secondary N) is 1. The summed E-state index contributed by atoms with van der Waals surface area (Å²) >= 11 is 0. The van der Waals surface area contributed by atoms with Gasteiger partial charge < -0.3 is 15.0 Å². The summed E-state index contributed by atoms with van der Waals surface area (Å²) in [5, 5.41) is 2.65. The molecular formula is C15H29N3O3. The van der Waals surface area contributed by atoms with Crippen LogP contribution in [-0.4, -0.2) is 67.7 Å². The van der Waals surface area contributed by atoms with Gasteiger partial charge in [-0.05, 0) is 46.1 Å². The van der Waals surface area contributed by atoms with E-state index < -0.39 is 5.60 Å². The Morgan fingerprint density at radius 1 is 1.38 bits per heavy atom. The molecule has 6 heteroatoms. The van der Waals surface area contributed by atoms with Crippen molar-refractivity contribution in [3.05, 3.63) is 0 Å². The predicted molar refractivity (Wildman–Crippen MR) is 82.1 cm³/mol. The van der Waals surface area contributed by atoms with Gasteiger partial charge in [0.05, 0.1) is 6.54 Å². The minimum atomic E-state index is -0.469. The van der Waals surface area contributed by atoms with Crippen molar-refractivity contribution in [3.63, 3.8) is 0 Å². The van der Waals surface area contributed by atoms with E-state index in [0.717, 1.165) is 25.9 Å². The number of nitrogens with zero attached hydrogens (tertiary/aromatic N) is 2. The fraction of sp³-hybridized carbons (Fsp3) is 0.867. The molecule has 0 aromatic carbocycles. The number of hydrogen-bond acceptors (Lipinski definition) is 4. The van der Waals surface area contributed by atoms with Gasteiger partial charge in [-0.25, -0.2) is 4.79 Å². The van der Waals surface area contributed by atoms with Gasteiger partial charge in [0.25, 0.3) is 0 Å². The number of likely N-dealkylation sites (tertiary alicyclic amines) is 1. The van der Waals surface area contributed by atoms with E-state index in [9.17, 15) is 9.59 Å². The Kier molecular flexibility index (Phi) is 6.45. The molecule has 0 aromatic rings. The van der Waals surface area contributed by atoms with Crippen LogP contribution in [0.1, 0.15) is 33.6 Å². The van der Waals surface area contributed by atoms with Gasteiger partial charge >= 0.3 is 6.09 Å². The number of carbonyl (C=O) groups excluding carboxylic acids is 2. The minimum absolute atomic E-state index is 0.0381. The summed E-state index contributed by atoms with van der Waals surface area (Å²) in [5.74, 6) is 0.428. The van der Waals surface area contributed by atoms with Crippen LogP contribution >= 0.6 is 0 Å². The Balaban J connectivity index is 2.43. The maximum Gasteiger partial charge on any atom is 0.410 e. The van der Waals surface area contributed by atoms with Gasteiger partial charge in [-0.2, -0.15) is 0 Å². The van der Waals surface area contributed by atoms with Crippen LogP contribution in [0.5, 0.6) is 0 Å². The standard InChI is InChI=1S/C15H29N3O3/c1-15(2,3)21-14(20)17(5)9-12-7-6-8-18(10-12)11-13(19)16-4/h12H,6-11H2,1-5H3,(H,16,19). The van der Waals surface area contributed by atoms with Crippen LogP contribution in [-0.2, 0) is 9.53 Å². The zero-order chi connectivity index (χ0) is 16.0. The Labute approximate surface area is 127 Å². The van der Waals surface area contributed by atoms with Gasteiger partial charge in [0.2, 0.25) is 5.91 Å². The molecule has 6 nitrogen and oxygen atoms in total. The lowest BCUT2D eigenvalue weighted by Gasteiger charge is -2.34. The maximum atomic E-state index is 12.0. The van der Waals surface area contributed by atoms with Crippen LogP contribution in [0.4, 0.5) is 4.79 Å². The molecule has 1 aliphatic rings. The van der Waals surface area contributed by atoms with E-state index in [1.165, 1.54) is 0 Å². The Bertz CT molecular complexity index is 366. The minimum Gasteiger partial charge on any atom is -0.444 e. The topological polar surface area (TPSA) is 61.9 Å². The van der Waals surface area contributed by atoms with E-state index in [1.807, 2.05) is 20.8 Å². The third kappa shape index (κ3) is 6.80. The van der Waals surface area contributed by atoms with Crippen molar-refractivity contribution >= 4 is 12.0 Å². The Hall–Kier alpha value is -1.30. The quantitative estimate of drug-likeness (QED) is 0.850. The van der Waals surface area contributed by atoms with Crippen LogP contribution in [0, 0.1) is 5.92 Å². The van der Waals surface area contributed by atoms with E-state index in [2.05, 4.69) is 10.2 Å². The molecule has 1 atom stereocenters. The van der Waals surface area contributed by atoms with E-state index in [-0.39, 0.29) is 12.0 Å². The number of rotatable bonds is 4. The summed E-state index contributed by atoms with van der Waals surface area (Å²) in [4.78, 5) is 27.2. The maximum absolute atomic E-state index is 12.0. The molecule has 0 radical (unpaired) electrons. The van der Waals surface area contributed by atoms with E-state index in [4.69, 9.17) is 4.74 Å². The molecule has 1 heterocycles. The van der Waals surface area contributed by atoms with Crippen molar-refractivity contribution in [2.75, 3.05) is 40.3 Å². The fourth-order valence-corrected chi connectivity index (χ4v) is 2.53. The largest absolute Gasteiger partial charge is 0.444 e. The highest BCUT2D eigenvalue weighted by atomic mass is 16.6. The molecule has 1 saturated heterocycles. The molecule has 0 saturated carbocycles. The van der Waals surface area contributed by atoms with Crippen molar-refractivity contribution < 1.29 is 14.3 Å².